The maximum Gasteiger partial charge on any atom is 0.293 e. The lowest BCUT2D eigenvalue weighted by molar-refractivity contribution is 0.0293. The summed E-state index contributed by atoms with van der Waals surface area (Å²) >= 11 is 1.30. The average Bonchev–Trinajstić information content (AvgIpc) is 3.16. The van der Waals surface area contributed by atoms with Gasteiger partial charge in [0.15, 0.2) is 0 Å². The summed E-state index contributed by atoms with van der Waals surface area (Å²) in [7, 11) is 0. The van der Waals surface area contributed by atoms with Gasteiger partial charge in [-0.25, -0.2) is 4.39 Å². The molecule has 0 N–H and O–H groups in total. The highest BCUT2D eigenvalue weighted by Gasteiger charge is 2.25. The fraction of sp³-hybridized carbons (Fsp3) is 0.286. The zero-order chi connectivity index (χ0) is 15.8. The number of ether oxygens (including phenoxy) is 1. The van der Waals surface area contributed by atoms with Crippen LogP contribution in [0, 0.1) is 5.82 Å². The quantitative estimate of drug-likeness (QED) is 0.710. The molecule has 0 atom stereocenters. The number of halogens is 1. The van der Waals surface area contributed by atoms with Gasteiger partial charge in [-0.05, 0) is 24.3 Å². The Kier molecular flexibility index (Phi) is 3.50. The van der Waals surface area contributed by atoms with Crippen molar-refractivity contribution >= 4 is 22.2 Å². The van der Waals surface area contributed by atoms with Crippen molar-refractivity contribution in [2.24, 2.45) is 0 Å². The van der Waals surface area contributed by atoms with Gasteiger partial charge in [-0.1, -0.05) is 11.3 Å². The molecule has 118 valence electrons. The number of benzene rings is 1. The van der Waals surface area contributed by atoms with E-state index in [0.717, 1.165) is 5.56 Å². The summed E-state index contributed by atoms with van der Waals surface area (Å²) in [5.74, 6) is -0.330. The van der Waals surface area contributed by atoms with Crippen molar-refractivity contribution in [1.82, 2.24) is 24.7 Å². The van der Waals surface area contributed by atoms with E-state index in [4.69, 9.17) is 4.74 Å². The molecule has 4 rings (SSSR count). The molecule has 0 bridgehead atoms. The maximum atomic E-state index is 13.0. The summed E-state index contributed by atoms with van der Waals surface area (Å²) in [4.78, 5) is 14.7. The van der Waals surface area contributed by atoms with E-state index in [2.05, 4.69) is 15.3 Å². The summed E-state index contributed by atoms with van der Waals surface area (Å²) in [5.41, 5.74) is 0.770. The summed E-state index contributed by atoms with van der Waals surface area (Å²) in [6, 6.07) is 6.03. The summed E-state index contributed by atoms with van der Waals surface area (Å²) in [5, 5.41) is 13.0. The number of aromatic nitrogens is 4. The Hall–Kier alpha value is -2.39. The highest BCUT2D eigenvalue weighted by Crippen LogP contribution is 2.25. The molecular formula is C14H12FN5O2S. The van der Waals surface area contributed by atoms with Crippen LogP contribution in [0.1, 0.15) is 10.6 Å². The number of hydrogen-bond acceptors (Lipinski definition) is 6. The SMILES string of the molecule is O=C(c1nnc2sc(-c3ccc(F)cc3)nn12)N1CCOCC1. The molecule has 0 spiro atoms. The topological polar surface area (TPSA) is 72.6 Å². The molecule has 1 aliphatic heterocycles. The van der Waals surface area contributed by atoms with Gasteiger partial charge in [-0.2, -0.15) is 9.61 Å². The van der Waals surface area contributed by atoms with Crippen LogP contribution < -0.4 is 0 Å². The molecule has 0 radical (unpaired) electrons. The minimum Gasteiger partial charge on any atom is -0.378 e. The third-order valence-electron chi connectivity index (χ3n) is 3.57. The fourth-order valence-corrected chi connectivity index (χ4v) is 3.21. The molecule has 3 aromatic rings. The molecule has 0 saturated carbocycles. The molecule has 1 aliphatic rings. The minimum atomic E-state index is -0.306. The van der Waals surface area contributed by atoms with Gasteiger partial charge in [0.1, 0.15) is 10.8 Å². The van der Waals surface area contributed by atoms with Gasteiger partial charge in [0.25, 0.3) is 5.91 Å². The van der Waals surface area contributed by atoms with Crippen LogP contribution in [-0.4, -0.2) is 56.9 Å². The van der Waals surface area contributed by atoms with Crippen molar-refractivity contribution in [3.63, 3.8) is 0 Å². The predicted molar refractivity (Wildman–Crippen MR) is 80.8 cm³/mol. The van der Waals surface area contributed by atoms with Crippen LogP contribution in [0.25, 0.3) is 15.5 Å². The molecule has 1 fully saturated rings. The third kappa shape index (κ3) is 2.57. The average molecular weight is 333 g/mol. The Morgan fingerprint density at radius 1 is 1.17 bits per heavy atom. The summed E-state index contributed by atoms with van der Waals surface area (Å²) in [6.07, 6.45) is 0. The van der Waals surface area contributed by atoms with Crippen LogP contribution in [0.4, 0.5) is 4.39 Å². The number of carbonyl (C=O) groups is 1. The first-order valence-electron chi connectivity index (χ1n) is 7.07. The van der Waals surface area contributed by atoms with Crippen LogP contribution in [-0.2, 0) is 4.74 Å². The lowest BCUT2D eigenvalue weighted by atomic mass is 10.2. The number of fused-ring (bicyclic) bond motifs is 1. The first-order chi connectivity index (χ1) is 11.2. The molecule has 23 heavy (non-hydrogen) atoms. The largest absolute Gasteiger partial charge is 0.378 e. The van der Waals surface area contributed by atoms with Crippen LogP contribution in [0.2, 0.25) is 0 Å². The van der Waals surface area contributed by atoms with Gasteiger partial charge in [0.05, 0.1) is 13.2 Å². The highest BCUT2D eigenvalue weighted by atomic mass is 32.1. The molecule has 2 aromatic heterocycles. The second kappa shape index (κ2) is 5.67. The Labute approximate surface area is 134 Å². The Morgan fingerprint density at radius 3 is 2.65 bits per heavy atom. The molecular weight excluding hydrogens is 321 g/mol. The van der Waals surface area contributed by atoms with Gasteiger partial charge >= 0.3 is 0 Å². The van der Waals surface area contributed by atoms with Crippen molar-refractivity contribution in [3.8, 4) is 10.6 Å². The molecule has 9 heteroatoms. The monoisotopic (exact) mass is 333 g/mol. The maximum absolute atomic E-state index is 13.0. The lowest BCUT2D eigenvalue weighted by Gasteiger charge is -2.25. The van der Waals surface area contributed by atoms with Crippen LogP contribution in [0.5, 0.6) is 0 Å². The third-order valence-corrected chi connectivity index (χ3v) is 4.52. The van der Waals surface area contributed by atoms with E-state index in [9.17, 15) is 9.18 Å². The molecule has 1 aromatic carbocycles. The zero-order valence-electron chi connectivity index (χ0n) is 12.0. The van der Waals surface area contributed by atoms with Crippen LogP contribution >= 0.6 is 11.3 Å². The van der Waals surface area contributed by atoms with Crippen LogP contribution in [0.3, 0.4) is 0 Å². The van der Waals surface area contributed by atoms with E-state index in [1.807, 2.05) is 0 Å². The second-order valence-corrected chi connectivity index (χ2v) is 5.99. The normalized spacial score (nSPS) is 15.3. The summed E-state index contributed by atoms with van der Waals surface area (Å²) in [6.45, 7) is 2.10. The highest BCUT2D eigenvalue weighted by molar-refractivity contribution is 7.19. The number of rotatable bonds is 2. The Morgan fingerprint density at radius 2 is 1.91 bits per heavy atom. The lowest BCUT2D eigenvalue weighted by Crippen LogP contribution is -2.41. The van der Waals surface area contributed by atoms with E-state index in [0.29, 0.717) is 36.3 Å². The van der Waals surface area contributed by atoms with Crippen molar-refractivity contribution in [3.05, 3.63) is 35.9 Å². The van der Waals surface area contributed by atoms with E-state index in [-0.39, 0.29) is 17.5 Å². The molecule has 0 aliphatic carbocycles. The number of carbonyl (C=O) groups excluding carboxylic acids is 1. The smallest absolute Gasteiger partial charge is 0.293 e. The van der Waals surface area contributed by atoms with Gasteiger partial charge in [0, 0.05) is 18.7 Å². The first kappa shape index (κ1) is 14.2. The molecule has 1 amide bonds. The zero-order valence-corrected chi connectivity index (χ0v) is 12.8. The standard InChI is InChI=1S/C14H12FN5O2S/c15-10-3-1-9(2-4-10)12-18-20-11(16-17-14(20)23-12)13(21)19-5-7-22-8-6-19/h1-4H,5-8H2. The van der Waals surface area contributed by atoms with E-state index in [1.165, 1.54) is 28.0 Å². The van der Waals surface area contributed by atoms with Crippen molar-refractivity contribution in [2.45, 2.75) is 0 Å². The molecule has 1 saturated heterocycles. The minimum absolute atomic E-state index is 0.187. The Bertz CT molecular complexity index is 854. The van der Waals surface area contributed by atoms with E-state index >= 15 is 0 Å². The second-order valence-electron chi connectivity index (χ2n) is 5.04. The predicted octanol–water partition coefficient (Wildman–Crippen LogP) is 1.46. The van der Waals surface area contributed by atoms with Gasteiger partial charge in [0.2, 0.25) is 10.8 Å². The number of nitrogens with zero attached hydrogens (tertiary/aromatic N) is 5. The molecule has 3 heterocycles. The Balaban J connectivity index is 1.69. The summed E-state index contributed by atoms with van der Waals surface area (Å²) < 4.78 is 19.7. The fourth-order valence-electron chi connectivity index (χ4n) is 2.37. The van der Waals surface area contributed by atoms with Crippen molar-refractivity contribution in [2.75, 3.05) is 26.3 Å². The van der Waals surface area contributed by atoms with Crippen LogP contribution in [0.15, 0.2) is 24.3 Å². The van der Waals surface area contributed by atoms with Crippen molar-refractivity contribution < 1.29 is 13.9 Å². The number of morpholine rings is 1. The first-order valence-corrected chi connectivity index (χ1v) is 7.89. The van der Waals surface area contributed by atoms with E-state index in [1.54, 1.807) is 17.0 Å². The molecule has 7 nitrogen and oxygen atoms in total. The van der Waals surface area contributed by atoms with Gasteiger partial charge in [-0.3, -0.25) is 4.79 Å². The van der Waals surface area contributed by atoms with Gasteiger partial charge in [-0.15, -0.1) is 10.2 Å². The molecule has 0 unspecified atom stereocenters. The van der Waals surface area contributed by atoms with Crippen molar-refractivity contribution in [1.29, 1.82) is 0 Å². The number of hydrogen-bond donors (Lipinski definition) is 0. The van der Waals surface area contributed by atoms with E-state index < -0.39 is 0 Å². The van der Waals surface area contributed by atoms with Gasteiger partial charge < -0.3 is 9.64 Å². The number of amides is 1.